The lowest BCUT2D eigenvalue weighted by atomic mass is 9.49. The number of phenols is 2. The predicted octanol–water partition coefficient (Wildman–Crippen LogP) is 7.37. The van der Waals surface area contributed by atoms with Crippen LogP contribution in [-0.2, 0) is 37.4 Å². The minimum Gasteiger partial charge on any atom is -0.508 e. The number of hydrogen-bond acceptors (Lipinski definition) is 8. The van der Waals surface area contributed by atoms with Crippen molar-refractivity contribution in [3.8, 4) is 17.2 Å². The van der Waals surface area contributed by atoms with Crippen molar-refractivity contribution in [2.24, 2.45) is 23.7 Å². The van der Waals surface area contributed by atoms with Crippen LogP contribution in [0.3, 0.4) is 0 Å². The number of imide groups is 2. The van der Waals surface area contributed by atoms with Crippen molar-refractivity contribution >= 4 is 52.5 Å². The number of para-hydroxylation sites is 1. The van der Waals surface area contributed by atoms with Crippen molar-refractivity contribution in [2.75, 3.05) is 19.1 Å². The maximum Gasteiger partial charge on any atom is 0.260 e. The number of hydrazine groups is 1. The number of methoxy groups -OCH3 is 1. The summed E-state index contributed by atoms with van der Waals surface area (Å²) >= 11 is 12.8. The lowest BCUT2D eigenvalue weighted by Crippen LogP contribution is -2.53. The Morgan fingerprint density at radius 2 is 1.68 bits per heavy atom. The SMILES string of the molecule is C=CCc1cccc(C2C3=CCC4C(=O)N(CCc5ccc(O)cc5)C(=O)C4C3CC3C(=O)N(Nc4ccc(Cl)cc4Cl)C(=O)C32c2ccc(OC)cc2)c1O. The highest BCUT2D eigenvalue weighted by molar-refractivity contribution is 6.36. The minimum absolute atomic E-state index is 0.0375. The van der Waals surface area contributed by atoms with Gasteiger partial charge in [-0.15, -0.1) is 6.58 Å². The molecule has 0 radical (unpaired) electrons. The molecular weight excluding hydrogens is 753 g/mol. The summed E-state index contributed by atoms with van der Waals surface area (Å²) in [6, 6.07) is 23.7. The largest absolute Gasteiger partial charge is 0.508 e. The highest BCUT2D eigenvalue weighted by atomic mass is 35.5. The summed E-state index contributed by atoms with van der Waals surface area (Å²) in [6.45, 7) is 4.02. The van der Waals surface area contributed by atoms with Gasteiger partial charge in [0.25, 0.3) is 11.8 Å². The van der Waals surface area contributed by atoms with E-state index in [1.807, 2.05) is 6.08 Å². The lowest BCUT2D eigenvalue weighted by molar-refractivity contribution is -0.141. The number of carbonyl (C=O) groups excluding carboxylic acids is 4. The molecule has 0 spiro atoms. The number of fused-ring (bicyclic) bond motifs is 4. The third kappa shape index (κ3) is 5.85. The summed E-state index contributed by atoms with van der Waals surface area (Å²) in [6.07, 6.45) is 4.71. The van der Waals surface area contributed by atoms with Crippen molar-refractivity contribution in [3.05, 3.63) is 142 Å². The van der Waals surface area contributed by atoms with E-state index in [0.29, 0.717) is 40.3 Å². The van der Waals surface area contributed by atoms with Crippen LogP contribution in [0.4, 0.5) is 5.69 Å². The normalized spacial score (nSPS) is 25.4. The molecule has 8 rings (SSSR count). The van der Waals surface area contributed by atoms with Gasteiger partial charge in [0.15, 0.2) is 0 Å². The second kappa shape index (κ2) is 14.5. The average molecular weight is 793 g/mol. The molecule has 4 aromatic carbocycles. The second-order valence-corrected chi connectivity index (χ2v) is 15.6. The first-order valence-electron chi connectivity index (χ1n) is 18.5. The minimum atomic E-state index is -1.61. The number of aromatic hydroxyl groups is 2. The molecule has 1 saturated carbocycles. The standard InChI is InChI=1S/C44H39Cl2N3O7/c1-3-5-25-6-4-7-32(39(25)51)38-30-17-18-31-37(42(54)48(40(31)52)21-20-24-8-13-28(50)14-9-24)33(30)23-34-41(53)49(47-36-19-12-27(45)22-35(36)46)43(55)44(34,38)26-10-15-29(56-2)16-11-26/h3-4,6-17,19,22,31,33-34,37-38,47,50-51H,1,5,18,20-21,23H2,2H3. The van der Waals surface area contributed by atoms with E-state index >= 15 is 4.79 Å². The van der Waals surface area contributed by atoms with Gasteiger partial charge in [-0.1, -0.05) is 83.4 Å². The Kier molecular flexibility index (Phi) is 9.66. The van der Waals surface area contributed by atoms with Crippen LogP contribution in [0.15, 0.2) is 109 Å². The van der Waals surface area contributed by atoms with Gasteiger partial charge in [0.05, 0.1) is 41.0 Å². The van der Waals surface area contributed by atoms with E-state index in [1.54, 1.807) is 84.9 Å². The molecule has 6 unspecified atom stereocenters. The molecule has 2 heterocycles. The van der Waals surface area contributed by atoms with Crippen LogP contribution in [0.1, 0.15) is 41.0 Å². The van der Waals surface area contributed by atoms with Crippen LogP contribution in [0.2, 0.25) is 10.0 Å². The number of allylic oxidation sites excluding steroid dienone is 3. The molecule has 10 nitrogen and oxygen atoms in total. The van der Waals surface area contributed by atoms with Gasteiger partial charge >= 0.3 is 0 Å². The number of hydrogen-bond donors (Lipinski definition) is 3. The van der Waals surface area contributed by atoms with Crippen molar-refractivity contribution in [3.63, 3.8) is 0 Å². The third-order valence-corrected chi connectivity index (χ3v) is 12.6. The third-order valence-electron chi connectivity index (χ3n) is 12.1. The summed E-state index contributed by atoms with van der Waals surface area (Å²) in [7, 11) is 1.54. The fraction of sp³-hybridized carbons (Fsp3) is 0.273. The second-order valence-electron chi connectivity index (χ2n) is 14.8. The van der Waals surface area contributed by atoms with E-state index in [1.165, 1.54) is 18.1 Å². The van der Waals surface area contributed by atoms with Crippen LogP contribution in [0.5, 0.6) is 17.2 Å². The van der Waals surface area contributed by atoms with Crippen LogP contribution in [0, 0.1) is 23.7 Å². The first-order valence-corrected chi connectivity index (χ1v) is 19.2. The molecule has 12 heteroatoms. The maximum atomic E-state index is 15.5. The van der Waals surface area contributed by atoms with E-state index in [4.69, 9.17) is 27.9 Å². The molecule has 4 aromatic rings. The summed E-state index contributed by atoms with van der Waals surface area (Å²) in [5, 5.41) is 23.4. The first kappa shape index (κ1) is 37.3. The van der Waals surface area contributed by atoms with Gasteiger partial charge in [-0.25, -0.2) is 0 Å². The van der Waals surface area contributed by atoms with Crippen molar-refractivity contribution < 1.29 is 34.1 Å². The maximum absolute atomic E-state index is 15.5. The summed E-state index contributed by atoms with van der Waals surface area (Å²) in [5.41, 5.74) is 4.78. The number of ether oxygens (including phenoxy) is 1. The lowest BCUT2D eigenvalue weighted by Gasteiger charge is -2.50. The van der Waals surface area contributed by atoms with Gasteiger partial charge in [0.1, 0.15) is 17.2 Å². The van der Waals surface area contributed by atoms with Crippen molar-refractivity contribution in [2.45, 2.75) is 37.0 Å². The van der Waals surface area contributed by atoms with Crippen LogP contribution >= 0.6 is 23.2 Å². The molecule has 2 aliphatic carbocycles. The molecular formula is C44H39Cl2N3O7. The van der Waals surface area contributed by atoms with E-state index in [9.17, 15) is 24.6 Å². The molecule has 6 atom stereocenters. The summed E-state index contributed by atoms with van der Waals surface area (Å²) < 4.78 is 5.48. The zero-order valence-electron chi connectivity index (χ0n) is 30.5. The Bertz CT molecular complexity index is 2310. The highest BCUT2D eigenvalue weighted by Crippen LogP contribution is 2.65. The number of anilines is 1. The number of likely N-dealkylation sites (tertiary alicyclic amines) is 1. The summed E-state index contributed by atoms with van der Waals surface area (Å²) in [4.78, 5) is 60.4. The van der Waals surface area contributed by atoms with E-state index < -0.39 is 46.8 Å². The fourth-order valence-corrected chi connectivity index (χ4v) is 9.99. The Hall–Kier alpha value is -5.58. The van der Waals surface area contributed by atoms with E-state index in [2.05, 4.69) is 12.0 Å². The summed E-state index contributed by atoms with van der Waals surface area (Å²) in [5.74, 6) is -5.08. The number of phenolic OH excluding ortho intramolecular Hbond substituents is 2. The van der Waals surface area contributed by atoms with Crippen LogP contribution in [-0.4, -0.2) is 57.4 Å². The number of nitrogens with one attached hydrogen (secondary N) is 1. The monoisotopic (exact) mass is 791 g/mol. The molecule has 4 amide bonds. The smallest absolute Gasteiger partial charge is 0.260 e. The zero-order valence-corrected chi connectivity index (χ0v) is 32.0. The number of rotatable bonds is 10. The molecule has 2 saturated heterocycles. The Morgan fingerprint density at radius 3 is 2.38 bits per heavy atom. The molecule has 3 N–H and O–H groups in total. The van der Waals surface area contributed by atoms with E-state index in [-0.39, 0.29) is 53.4 Å². The molecule has 2 aliphatic heterocycles. The predicted molar refractivity (Wildman–Crippen MR) is 211 cm³/mol. The van der Waals surface area contributed by atoms with E-state index in [0.717, 1.165) is 16.1 Å². The van der Waals surface area contributed by atoms with Gasteiger partial charge < -0.3 is 14.9 Å². The van der Waals surface area contributed by atoms with Gasteiger partial charge in [0, 0.05) is 23.0 Å². The van der Waals surface area contributed by atoms with Gasteiger partial charge in [-0.3, -0.25) is 29.5 Å². The molecule has 3 fully saturated rings. The Morgan fingerprint density at radius 1 is 0.929 bits per heavy atom. The van der Waals surface area contributed by atoms with Crippen LogP contribution < -0.4 is 10.2 Å². The molecule has 4 aliphatic rings. The van der Waals surface area contributed by atoms with Gasteiger partial charge in [-0.05, 0) is 90.8 Å². The number of amides is 4. The highest BCUT2D eigenvalue weighted by Gasteiger charge is 2.70. The average Bonchev–Trinajstić information content (AvgIpc) is 3.56. The quantitative estimate of drug-likeness (QED) is 0.112. The van der Waals surface area contributed by atoms with Crippen LogP contribution in [0.25, 0.3) is 0 Å². The van der Waals surface area contributed by atoms with Gasteiger partial charge in [0.2, 0.25) is 11.8 Å². The number of benzene rings is 4. The molecule has 0 bridgehead atoms. The van der Waals surface area contributed by atoms with Crippen molar-refractivity contribution in [1.29, 1.82) is 0 Å². The molecule has 56 heavy (non-hydrogen) atoms. The number of halogens is 2. The first-order chi connectivity index (χ1) is 27.0. The van der Waals surface area contributed by atoms with Crippen molar-refractivity contribution in [1.82, 2.24) is 9.91 Å². The molecule has 0 aromatic heterocycles. The Labute approximate surface area is 333 Å². The number of nitrogens with zero attached hydrogens (tertiary/aromatic N) is 2. The Balaban J connectivity index is 1.29. The van der Waals surface area contributed by atoms with Gasteiger partial charge in [-0.2, -0.15) is 5.01 Å². The number of carbonyl (C=O) groups is 4. The topological polar surface area (TPSA) is 136 Å². The fourth-order valence-electron chi connectivity index (χ4n) is 9.54. The zero-order chi connectivity index (χ0) is 39.5. The molecule has 286 valence electrons.